The van der Waals surface area contributed by atoms with Gasteiger partial charge in [-0.15, -0.1) is 0 Å². The van der Waals surface area contributed by atoms with Crippen molar-refractivity contribution < 1.29 is 24.2 Å². The first-order valence-corrected chi connectivity index (χ1v) is 11.8. The molecule has 1 aromatic carbocycles. The Hall–Kier alpha value is -2.45. The van der Waals surface area contributed by atoms with Gasteiger partial charge in [-0.25, -0.2) is 0 Å². The quantitative estimate of drug-likeness (QED) is 0.565. The van der Waals surface area contributed by atoms with Gasteiger partial charge in [0.25, 0.3) is 0 Å². The van der Waals surface area contributed by atoms with Crippen LogP contribution in [0.1, 0.15) is 44.6 Å². The van der Waals surface area contributed by atoms with Gasteiger partial charge in [0.1, 0.15) is 5.75 Å². The number of hydrogen-bond acceptors (Lipinski definition) is 6. The SMILES string of the molecule is CC[C@H](O)C1CCN(C(=O)C[C@]2(c3cccc(OC)c3)CC(=O)N(CCN(C)C)C2=O)CC1. The smallest absolute Gasteiger partial charge is 0.240 e. The summed E-state index contributed by atoms with van der Waals surface area (Å²) in [5.41, 5.74) is -0.591. The number of likely N-dealkylation sites (tertiary alicyclic amines) is 2. The zero-order valence-corrected chi connectivity index (χ0v) is 20.2. The second kappa shape index (κ2) is 10.7. The number of carbonyl (C=O) groups excluding carboxylic acids is 3. The van der Waals surface area contributed by atoms with Crippen LogP contribution < -0.4 is 4.74 Å². The van der Waals surface area contributed by atoms with Gasteiger partial charge in [-0.1, -0.05) is 19.1 Å². The number of carbonyl (C=O) groups is 3. The maximum Gasteiger partial charge on any atom is 0.240 e. The van der Waals surface area contributed by atoms with E-state index in [0.717, 1.165) is 12.8 Å². The minimum atomic E-state index is -1.23. The summed E-state index contributed by atoms with van der Waals surface area (Å²) in [4.78, 5) is 45.0. The molecule has 33 heavy (non-hydrogen) atoms. The van der Waals surface area contributed by atoms with Crippen LogP contribution in [0.25, 0.3) is 0 Å². The lowest BCUT2D eigenvalue weighted by Gasteiger charge is -2.36. The number of aliphatic hydroxyl groups excluding tert-OH is 1. The minimum Gasteiger partial charge on any atom is -0.497 e. The predicted octanol–water partition coefficient (Wildman–Crippen LogP) is 1.65. The van der Waals surface area contributed by atoms with E-state index in [2.05, 4.69) is 0 Å². The molecule has 0 aromatic heterocycles. The lowest BCUT2D eigenvalue weighted by Crippen LogP contribution is -2.47. The first-order chi connectivity index (χ1) is 15.7. The van der Waals surface area contributed by atoms with Crippen molar-refractivity contribution in [1.82, 2.24) is 14.7 Å². The van der Waals surface area contributed by atoms with Crippen molar-refractivity contribution in [2.24, 2.45) is 5.92 Å². The van der Waals surface area contributed by atoms with E-state index in [-0.39, 0.29) is 42.6 Å². The summed E-state index contributed by atoms with van der Waals surface area (Å²) in [5.74, 6) is 0.0932. The molecule has 0 unspecified atom stereocenters. The Bertz CT molecular complexity index is 865. The largest absolute Gasteiger partial charge is 0.497 e. The Morgan fingerprint density at radius 1 is 1.27 bits per heavy atom. The first kappa shape index (κ1) is 25.2. The van der Waals surface area contributed by atoms with Crippen molar-refractivity contribution in [2.45, 2.75) is 50.5 Å². The van der Waals surface area contributed by atoms with Crippen LogP contribution in [0.5, 0.6) is 5.75 Å². The molecule has 3 amide bonds. The zero-order valence-electron chi connectivity index (χ0n) is 20.2. The highest BCUT2D eigenvalue weighted by molar-refractivity contribution is 6.10. The summed E-state index contributed by atoms with van der Waals surface area (Å²) in [7, 11) is 5.34. The summed E-state index contributed by atoms with van der Waals surface area (Å²) >= 11 is 0. The number of aliphatic hydroxyl groups is 1. The Kier molecular flexibility index (Phi) is 8.13. The Morgan fingerprint density at radius 2 is 1.97 bits per heavy atom. The van der Waals surface area contributed by atoms with Gasteiger partial charge in [-0.2, -0.15) is 0 Å². The molecule has 8 heteroatoms. The molecule has 182 valence electrons. The molecule has 0 aliphatic carbocycles. The Morgan fingerprint density at radius 3 is 2.58 bits per heavy atom. The molecule has 2 atom stereocenters. The fraction of sp³-hybridized carbons (Fsp3) is 0.640. The van der Waals surface area contributed by atoms with Gasteiger partial charge in [0.2, 0.25) is 17.7 Å². The number of methoxy groups -OCH3 is 1. The molecule has 0 bridgehead atoms. The second-order valence-electron chi connectivity index (χ2n) is 9.52. The van der Waals surface area contributed by atoms with Crippen LogP contribution in [-0.4, -0.2) is 91.0 Å². The van der Waals surface area contributed by atoms with Crippen molar-refractivity contribution >= 4 is 17.7 Å². The molecule has 2 aliphatic rings. The summed E-state index contributed by atoms with van der Waals surface area (Å²) in [6.45, 7) is 3.94. The van der Waals surface area contributed by atoms with Crippen molar-refractivity contribution in [2.75, 3.05) is 47.4 Å². The molecule has 3 rings (SSSR count). The van der Waals surface area contributed by atoms with Gasteiger partial charge in [0, 0.05) is 39.0 Å². The van der Waals surface area contributed by atoms with Gasteiger partial charge in [-0.3, -0.25) is 19.3 Å². The summed E-state index contributed by atoms with van der Waals surface area (Å²) in [5, 5.41) is 10.2. The first-order valence-electron chi connectivity index (χ1n) is 11.8. The van der Waals surface area contributed by atoms with E-state index >= 15 is 0 Å². The molecule has 1 aromatic rings. The third-order valence-electron chi connectivity index (χ3n) is 7.11. The molecule has 2 saturated heterocycles. The normalized spacial score (nSPS) is 22.8. The number of likely N-dealkylation sites (N-methyl/N-ethyl adjacent to an activating group) is 1. The molecule has 0 radical (unpaired) electrons. The van der Waals surface area contributed by atoms with E-state index in [1.54, 1.807) is 36.3 Å². The van der Waals surface area contributed by atoms with E-state index in [4.69, 9.17) is 4.74 Å². The fourth-order valence-electron chi connectivity index (χ4n) is 4.95. The highest BCUT2D eigenvalue weighted by atomic mass is 16.5. The van der Waals surface area contributed by atoms with Gasteiger partial charge in [0.05, 0.1) is 18.6 Å². The number of amides is 3. The predicted molar refractivity (Wildman–Crippen MR) is 125 cm³/mol. The molecule has 0 spiro atoms. The van der Waals surface area contributed by atoms with Crippen molar-refractivity contribution in [3.8, 4) is 5.75 Å². The van der Waals surface area contributed by atoms with E-state index in [0.29, 0.717) is 43.9 Å². The van der Waals surface area contributed by atoms with E-state index in [1.165, 1.54) is 4.90 Å². The summed E-state index contributed by atoms with van der Waals surface area (Å²) in [6, 6.07) is 7.14. The molecular weight excluding hydrogens is 422 g/mol. The number of hydrogen-bond donors (Lipinski definition) is 1. The lowest BCUT2D eigenvalue weighted by molar-refractivity contribution is -0.143. The van der Waals surface area contributed by atoms with Crippen LogP contribution in [0.4, 0.5) is 0 Å². The molecule has 0 saturated carbocycles. The minimum absolute atomic E-state index is 0.0246. The van der Waals surface area contributed by atoms with Gasteiger partial charge < -0.3 is 19.6 Å². The average molecular weight is 460 g/mol. The third-order valence-corrected chi connectivity index (χ3v) is 7.11. The lowest BCUT2D eigenvalue weighted by atomic mass is 9.75. The van der Waals surface area contributed by atoms with Crippen LogP contribution in [0.15, 0.2) is 24.3 Å². The van der Waals surface area contributed by atoms with Crippen molar-refractivity contribution in [3.05, 3.63) is 29.8 Å². The van der Waals surface area contributed by atoms with Gasteiger partial charge >= 0.3 is 0 Å². The topological polar surface area (TPSA) is 90.4 Å². The number of rotatable bonds is 9. The van der Waals surface area contributed by atoms with Gasteiger partial charge in [-0.05, 0) is 57.0 Å². The highest BCUT2D eigenvalue weighted by Crippen LogP contribution is 2.41. The van der Waals surface area contributed by atoms with E-state index in [1.807, 2.05) is 25.9 Å². The number of imide groups is 1. The van der Waals surface area contributed by atoms with Crippen LogP contribution >= 0.6 is 0 Å². The van der Waals surface area contributed by atoms with E-state index in [9.17, 15) is 19.5 Å². The maximum absolute atomic E-state index is 13.7. The summed E-state index contributed by atoms with van der Waals surface area (Å²) in [6.07, 6.45) is 1.78. The van der Waals surface area contributed by atoms with Crippen LogP contribution in [-0.2, 0) is 19.8 Å². The number of nitrogens with zero attached hydrogens (tertiary/aromatic N) is 3. The summed E-state index contributed by atoms with van der Waals surface area (Å²) < 4.78 is 5.36. The Balaban J connectivity index is 1.85. The van der Waals surface area contributed by atoms with E-state index < -0.39 is 5.41 Å². The standard InChI is InChI=1S/C25H37N3O5/c1-5-21(29)18-9-11-27(12-10-18)22(30)16-25(19-7-6-8-20(15-19)33-4)17-23(31)28(24(25)32)14-13-26(2)3/h6-8,15,18,21,29H,5,9-14,16-17H2,1-4H3/t21-,25+/m0/s1. The third kappa shape index (κ3) is 5.38. The highest BCUT2D eigenvalue weighted by Gasteiger charge is 2.54. The Labute approximate surface area is 196 Å². The molecule has 8 nitrogen and oxygen atoms in total. The molecular formula is C25H37N3O5. The number of benzene rings is 1. The number of ether oxygens (including phenoxy) is 1. The van der Waals surface area contributed by atoms with Crippen molar-refractivity contribution in [1.29, 1.82) is 0 Å². The zero-order chi connectivity index (χ0) is 24.2. The maximum atomic E-state index is 13.7. The molecule has 2 fully saturated rings. The van der Waals surface area contributed by atoms with Crippen LogP contribution in [0, 0.1) is 5.92 Å². The molecule has 2 heterocycles. The van der Waals surface area contributed by atoms with Gasteiger partial charge in [0.15, 0.2) is 0 Å². The molecule has 1 N–H and O–H groups in total. The fourth-order valence-corrected chi connectivity index (χ4v) is 4.95. The van der Waals surface area contributed by atoms with Crippen molar-refractivity contribution in [3.63, 3.8) is 0 Å². The van der Waals surface area contributed by atoms with Crippen LogP contribution in [0.2, 0.25) is 0 Å². The monoisotopic (exact) mass is 459 g/mol. The number of piperidine rings is 1. The average Bonchev–Trinajstić information content (AvgIpc) is 3.06. The van der Waals surface area contributed by atoms with Crippen LogP contribution in [0.3, 0.4) is 0 Å². The second-order valence-corrected chi connectivity index (χ2v) is 9.52. The molecule has 2 aliphatic heterocycles.